The Morgan fingerprint density at radius 3 is 2.81 bits per heavy atom. The summed E-state index contributed by atoms with van der Waals surface area (Å²) in [5, 5.41) is 3.67. The van der Waals surface area contributed by atoms with Gasteiger partial charge in [0.25, 0.3) is 0 Å². The van der Waals surface area contributed by atoms with Crippen LogP contribution < -0.4 is 4.72 Å². The lowest BCUT2D eigenvalue weighted by atomic mass is 10.4. The molecule has 0 amide bonds. The molecule has 1 aromatic heterocycles. The summed E-state index contributed by atoms with van der Waals surface area (Å²) in [4.78, 5) is 0. The summed E-state index contributed by atoms with van der Waals surface area (Å²) >= 11 is 5.47. The van der Waals surface area contributed by atoms with E-state index in [0.717, 1.165) is 5.69 Å². The van der Waals surface area contributed by atoms with E-state index in [2.05, 4.69) is 9.88 Å². The number of rotatable bonds is 7. The Morgan fingerprint density at radius 2 is 2.25 bits per heavy atom. The normalized spacial score (nSPS) is 11.9. The highest BCUT2D eigenvalue weighted by atomic mass is 35.5. The van der Waals surface area contributed by atoms with Gasteiger partial charge in [-0.15, -0.1) is 11.6 Å². The van der Waals surface area contributed by atoms with Crippen LogP contribution >= 0.6 is 11.6 Å². The molecule has 0 aliphatic rings. The lowest BCUT2D eigenvalue weighted by molar-refractivity contribution is 0.377. The maximum Gasteiger partial charge on any atom is 0.212 e. The first-order valence-electron chi connectivity index (χ1n) is 4.99. The number of nitrogens with one attached hydrogen (secondary N) is 1. The summed E-state index contributed by atoms with van der Waals surface area (Å²) in [5.41, 5.74) is 0.733. The van der Waals surface area contributed by atoms with Gasteiger partial charge in [-0.3, -0.25) is 0 Å². The smallest absolute Gasteiger partial charge is 0.212 e. The van der Waals surface area contributed by atoms with E-state index in [-0.39, 0.29) is 12.3 Å². The van der Waals surface area contributed by atoms with E-state index in [1.165, 1.54) is 0 Å². The molecule has 7 heteroatoms. The van der Waals surface area contributed by atoms with Crippen LogP contribution in [0.5, 0.6) is 0 Å². The highest BCUT2D eigenvalue weighted by Gasteiger charge is 2.10. The maximum atomic E-state index is 11.5. The van der Waals surface area contributed by atoms with Crippen molar-refractivity contribution in [2.75, 3.05) is 11.6 Å². The summed E-state index contributed by atoms with van der Waals surface area (Å²) in [7, 11) is -3.24. The van der Waals surface area contributed by atoms with Crippen molar-refractivity contribution in [1.29, 1.82) is 0 Å². The molecule has 0 saturated heterocycles. The second-order valence-corrected chi connectivity index (χ2v) is 5.78. The Kier molecular flexibility index (Phi) is 5.24. The molecule has 0 aliphatic carbocycles. The van der Waals surface area contributed by atoms with Crippen molar-refractivity contribution in [2.24, 2.45) is 0 Å². The lowest BCUT2D eigenvalue weighted by Gasteiger charge is -2.03. The number of hydrogen-bond acceptors (Lipinski definition) is 4. The zero-order valence-corrected chi connectivity index (χ0v) is 10.6. The Hall–Kier alpha value is -0.590. The molecule has 0 saturated carbocycles. The number of unbranched alkanes of at least 4 members (excludes halogenated alkanes) is 1. The monoisotopic (exact) mass is 266 g/mol. The fourth-order valence-electron chi connectivity index (χ4n) is 1.14. The van der Waals surface area contributed by atoms with Crippen molar-refractivity contribution in [3.05, 3.63) is 17.5 Å². The summed E-state index contributed by atoms with van der Waals surface area (Å²) in [6.45, 7) is 1.92. The molecular weight excluding hydrogens is 252 g/mol. The largest absolute Gasteiger partial charge is 0.360 e. The first-order valence-corrected chi connectivity index (χ1v) is 7.17. The van der Waals surface area contributed by atoms with Crippen LogP contribution in [-0.4, -0.2) is 25.2 Å². The van der Waals surface area contributed by atoms with Gasteiger partial charge in [-0.05, 0) is 19.8 Å². The van der Waals surface area contributed by atoms with Gasteiger partial charge in [0, 0.05) is 11.9 Å². The topological polar surface area (TPSA) is 72.2 Å². The van der Waals surface area contributed by atoms with Gasteiger partial charge >= 0.3 is 0 Å². The third-order valence-corrected chi connectivity index (χ3v) is 3.62. The fraction of sp³-hybridized carbons (Fsp3) is 0.667. The summed E-state index contributed by atoms with van der Waals surface area (Å²) in [6.07, 6.45) is 1.26. The van der Waals surface area contributed by atoms with Crippen LogP contribution in [0.15, 0.2) is 10.6 Å². The average molecular weight is 267 g/mol. The lowest BCUT2D eigenvalue weighted by Crippen LogP contribution is -2.25. The standard InChI is InChI=1S/C9H15ClN2O3S/c1-8-6-9(15-12-8)7-11-16(13,14)5-3-2-4-10/h6,11H,2-5,7H2,1H3. The molecule has 0 bridgehead atoms. The summed E-state index contributed by atoms with van der Waals surface area (Å²) in [6, 6.07) is 1.70. The minimum Gasteiger partial charge on any atom is -0.360 e. The molecular formula is C9H15ClN2O3S. The summed E-state index contributed by atoms with van der Waals surface area (Å²) < 4.78 is 30.3. The van der Waals surface area contributed by atoms with Crippen molar-refractivity contribution < 1.29 is 12.9 Å². The number of aromatic nitrogens is 1. The van der Waals surface area contributed by atoms with Crippen LogP contribution in [0.2, 0.25) is 0 Å². The van der Waals surface area contributed by atoms with E-state index >= 15 is 0 Å². The van der Waals surface area contributed by atoms with Crippen molar-refractivity contribution in [1.82, 2.24) is 9.88 Å². The van der Waals surface area contributed by atoms with E-state index < -0.39 is 10.0 Å². The number of alkyl halides is 1. The quantitative estimate of drug-likeness (QED) is 0.598. The van der Waals surface area contributed by atoms with Crippen molar-refractivity contribution in [3.63, 3.8) is 0 Å². The third-order valence-electron chi connectivity index (χ3n) is 1.94. The number of sulfonamides is 1. The zero-order valence-electron chi connectivity index (χ0n) is 9.07. The van der Waals surface area contributed by atoms with Crippen LogP contribution in [-0.2, 0) is 16.6 Å². The molecule has 16 heavy (non-hydrogen) atoms. The predicted octanol–water partition coefficient (Wildman–Crippen LogP) is 1.42. The number of nitrogens with zero attached hydrogens (tertiary/aromatic N) is 1. The number of hydrogen-bond donors (Lipinski definition) is 1. The first-order chi connectivity index (χ1) is 7.53. The minimum absolute atomic E-state index is 0.0901. The van der Waals surface area contributed by atoms with E-state index in [4.69, 9.17) is 16.1 Å². The molecule has 0 fully saturated rings. The van der Waals surface area contributed by atoms with Crippen LogP contribution in [0.3, 0.4) is 0 Å². The molecule has 0 aliphatic heterocycles. The average Bonchev–Trinajstić information content (AvgIpc) is 2.62. The molecule has 0 spiro atoms. The second-order valence-electron chi connectivity index (χ2n) is 3.47. The first kappa shape index (κ1) is 13.5. The predicted molar refractivity (Wildman–Crippen MR) is 61.8 cm³/mol. The number of aryl methyl sites for hydroxylation is 1. The fourth-order valence-corrected chi connectivity index (χ4v) is 2.42. The molecule has 0 aromatic carbocycles. The van der Waals surface area contributed by atoms with Crippen molar-refractivity contribution in [2.45, 2.75) is 26.3 Å². The van der Waals surface area contributed by atoms with Gasteiger partial charge in [-0.1, -0.05) is 5.16 Å². The SMILES string of the molecule is Cc1cc(CNS(=O)(=O)CCCCCl)on1. The molecule has 0 unspecified atom stereocenters. The van der Waals surface area contributed by atoms with Gasteiger partial charge in [0.15, 0.2) is 5.76 Å². The Morgan fingerprint density at radius 1 is 1.50 bits per heavy atom. The Labute approximate surface area is 100 Å². The second kappa shape index (κ2) is 6.22. The molecule has 1 heterocycles. The molecule has 5 nitrogen and oxygen atoms in total. The van der Waals surface area contributed by atoms with Crippen LogP contribution in [0.4, 0.5) is 0 Å². The van der Waals surface area contributed by atoms with Gasteiger partial charge < -0.3 is 4.52 Å². The minimum atomic E-state index is -3.24. The zero-order chi connectivity index (χ0) is 12.0. The van der Waals surface area contributed by atoms with Crippen LogP contribution in [0, 0.1) is 6.92 Å². The van der Waals surface area contributed by atoms with Crippen molar-refractivity contribution >= 4 is 21.6 Å². The Bertz CT molecular complexity index is 416. The van der Waals surface area contributed by atoms with Crippen LogP contribution in [0.1, 0.15) is 24.3 Å². The van der Waals surface area contributed by atoms with Gasteiger partial charge in [0.05, 0.1) is 18.0 Å². The molecule has 0 radical (unpaired) electrons. The van der Waals surface area contributed by atoms with Gasteiger partial charge in [-0.25, -0.2) is 13.1 Å². The van der Waals surface area contributed by atoms with E-state index in [0.29, 0.717) is 24.5 Å². The summed E-state index contributed by atoms with van der Waals surface area (Å²) in [5.74, 6) is 1.09. The molecule has 1 N–H and O–H groups in total. The van der Waals surface area contributed by atoms with E-state index in [1.807, 2.05) is 0 Å². The highest BCUT2D eigenvalue weighted by Crippen LogP contribution is 2.03. The van der Waals surface area contributed by atoms with Crippen LogP contribution in [0.25, 0.3) is 0 Å². The molecule has 0 atom stereocenters. The molecule has 1 rings (SSSR count). The van der Waals surface area contributed by atoms with E-state index in [1.54, 1.807) is 13.0 Å². The third kappa shape index (κ3) is 4.96. The van der Waals surface area contributed by atoms with Gasteiger partial charge in [0.2, 0.25) is 10.0 Å². The highest BCUT2D eigenvalue weighted by molar-refractivity contribution is 7.89. The number of halogens is 1. The molecule has 92 valence electrons. The van der Waals surface area contributed by atoms with Gasteiger partial charge in [0.1, 0.15) is 0 Å². The Balaban J connectivity index is 2.36. The van der Waals surface area contributed by atoms with Gasteiger partial charge in [-0.2, -0.15) is 0 Å². The maximum absolute atomic E-state index is 11.5. The molecule has 1 aromatic rings. The van der Waals surface area contributed by atoms with E-state index in [9.17, 15) is 8.42 Å². The van der Waals surface area contributed by atoms with Crippen molar-refractivity contribution in [3.8, 4) is 0 Å².